The molecule has 16 heavy (non-hydrogen) atoms. The number of amides is 1. The Labute approximate surface area is 96.5 Å². The largest absolute Gasteiger partial charge is 0.383 e. The van der Waals surface area contributed by atoms with Crippen LogP contribution in [0.5, 0.6) is 0 Å². The lowest BCUT2D eigenvalue weighted by atomic mass is 10.1. The summed E-state index contributed by atoms with van der Waals surface area (Å²) in [6, 6.07) is 3.43. The smallest absolute Gasteiger partial charge is 0.257 e. The molecule has 1 unspecified atom stereocenters. The molecule has 0 saturated heterocycles. The minimum Gasteiger partial charge on any atom is -0.383 e. The molecular weight excluding hydrogens is 202 g/mol. The van der Waals surface area contributed by atoms with Crippen LogP contribution in [0.25, 0.3) is 0 Å². The summed E-state index contributed by atoms with van der Waals surface area (Å²) in [6.45, 7) is 4.97. The standard InChI is InChI=1S/C12H19N3O/c1-4-9(2)8-15(3)12(16)10-6-5-7-14-11(10)13/h5-7,9H,4,8H2,1-3H3,(H2,13,14). The van der Waals surface area contributed by atoms with E-state index in [4.69, 9.17) is 5.73 Å². The van der Waals surface area contributed by atoms with Gasteiger partial charge in [0.15, 0.2) is 0 Å². The second-order valence-electron chi connectivity index (χ2n) is 4.14. The molecule has 0 aliphatic rings. The number of nitrogens with zero attached hydrogens (tertiary/aromatic N) is 2. The first-order valence-electron chi connectivity index (χ1n) is 5.52. The van der Waals surface area contributed by atoms with Gasteiger partial charge in [0.1, 0.15) is 5.82 Å². The predicted octanol–water partition coefficient (Wildman–Crippen LogP) is 1.78. The van der Waals surface area contributed by atoms with Crippen molar-refractivity contribution in [1.82, 2.24) is 9.88 Å². The molecule has 0 fully saturated rings. The molecule has 1 heterocycles. The van der Waals surface area contributed by atoms with Gasteiger partial charge in [-0.15, -0.1) is 0 Å². The highest BCUT2D eigenvalue weighted by Crippen LogP contribution is 2.11. The van der Waals surface area contributed by atoms with Crippen LogP contribution in [-0.4, -0.2) is 29.4 Å². The second-order valence-corrected chi connectivity index (χ2v) is 4.14. The molecule has 4 nitrogen and oxygen atoms in total. The second kappa shape index (κ2) is 5.49. The normalized spacial score (nSPS) is 12.2. The quantitative estimate of drug-likeness (QED) is 0.843. The van der Waals surface area contributed by atoms with E-state index in [0.29, 0.717) is 17.3 Å². The van der Waals surface area contributed by atoms with E-state index in [2.05, 4.69) is 18.8 Å². The van der Waals surface area contributed by atoms with Crippen LogP contribution in [-0.2, 0) is 0 Å². The number of pyridine rings is 1. The number of anilines is 1. The number of nitrogen functional groups attached to an aromatic ring is 1. The highest BCUT2D eigenvalue weighted by atomic mass is 16.2. The molecule has 1 rings (SSSR count). The van der Waals surface area contributed by atoms with Crippen LogP contribution in [0, 0.1) is 5.92 Å². The Balaban J connectivity index is 2.75. The first kappa shape index (κ1) is 12.5. The van der Waals surface area contributed by atoms with Gasteiger partial charge in [0.25, 0.3) is 5.91 Å². The van der Waals surface area contributed by atoms with Crippen LogP contribution in [0.3, 0.4) is 0 Å². The van der Waals surface area contributed by atoms with Gasteiger partial charge in [-0.2, -0.15) is 0 Å². The third kappa shape index (κ3) is 2.95. The van der Waals surface area contributed by atoms with Crippen molar-refractivity contribution >= 4 is 11.7 Å². The van der Waals surface area contributed by atoms with Crippen molar-refractivity contribution < 1.29 is 4.79 Å². The molecular formula is C12H19N3O. The van der Waals surface area contributed by atoms with Crippen molar-refractivity contribution in [3.8, 4) is 0 Å². The molecule has 0 bridgehead atoms. The molecule has 0 radical (unpaired) electrons. The van der Waals surface area contributed by atoms with E-state index >= 15 is 0 Å². The van der Waals surface area contributed by atoms with Gasteiger partial charge in [0, 0.05) is 19.8 Å². The van der Waals surface area contributed by atoms with Crippen molar-refractivity contribution in [2.75, 3.05) is 19.3 Å². The first-order valence-corrected chi connectivity index (χ1v) is 5.52. The van der Waals surface area contributed by atoms with Crippen LogP contribution < -0.4 is 5.73 Å². The number of carbonyl (C=O) groups is 1. The molecule has 1 atom stereocenters. The highest BCUT2D eigenvalue weighted by Gasteiger charge is 2.16. The first-order chi connectivity index (χ1) is 7.56. The molecule has 0 aromatic carbocycles. The van der Waals surface area contributed by atoms with E-state index in [-0.39, 0.29) is 5.91 Å². The Hall–Kier alpha value is -1.58. The van der Waals surface area contributed by atoms with Crippen LogP contribution in [0.15, 0.2) is 18.3 Å². The fourth-order valence-electron chi connectivity index (χ4n) is 1.48. The van der Waals surface area contributed by atoms with Crippen LogP contribution in [0.1, 0.15) is 30.6 Å². The lowest BCUT2D eigenvalue weighted by Crippen LogP contribution is -2.31. The lowest BCUT2D eigenvalue weighted by Gasteiger charge is -2.21. The Morgan fingerprint density at radius 1 is 1.62 bits per heavy atom. The number of nitrogens with two attached hydrogens (primary N) is 1. The molecule has 2 N–H and O–H groups in total. The predicted molar refractivity (Wildman–Crippen MR) is 65.1 cm³/mol. The Morgan fingerprint density at radius 2 is 2.31 bits per heavy atom. The van der Waals surface area contributed by atoms with Crippen LogP contribution >= 0.6 is 0 Å². The van der Waals surface area contributed by atoms with Gasteiger partial charge in [-0.25, -0.2) is 4.98 Å². The van der Waals surface area contributed by atoms with Gasteiger partial charge < -0.3 is 10.6 Å². The van der Waals surface area contributed by atoms with E-state index in [0.717, 1.165) is 13.0 Å². The van der Waals surface area contributed by atoms with Gasteiger partial charge in [-0.05, 0) is 18.1 Å². The minimum absolute atomic E-state index is 0.0640. The Morgan fingerprint density at radius 3 is 2.88 bits per heavy atom. The zero-order valence-corrected chi connectivity index (χ0v) is 10.1. The molecule has 4 heteroatoms. The summed E-state index contributed by atoms with van der Waals surface area (Å²) in [4.78, 5) is 17.6. The van der Waals surface area contributed by atoms with Crippen molar-refractivity contribution in [2.45, 2.75) is 20.3 Å². The van der Waals surface area contributed by atoms with E-state index in [1.54, 1.807) is 30.3 Å². The maximum absolute atomic E-state index is 12.0. The number of hydrogen-bond acceptors (Lipinski definition) is 3. The summed E-state index contributed by atoms with van der Waals surface area (Å²) >= 11 is 0. The molecule has 0 aliphatic heterocycles. The third-order valence-electron chi connectivity index (χ3n) is 2.70. The highest BCUT2D eigenvalue weighted by molar-refractivity contribution is 5.98. The fraction of sp³-hybridized carbons (Fsp3) is 0.500. The van der Waals surface area contributed by atoms with E-state index in [1.165, 1.54) is 0 Å². The average molecular weight is 221 g/mol. The Kier molecular flexibility index (Phi) is 4.28. The molecule has 0 aliphatic carbocycles. The zero-order chi connectivity index (χ0) is 12.1. The summed E-state index contributed by atoms with van der Waals surface area (Å²) in [5.41, 5.74) is 6.14. The summed E-state index contributed by atoms with van der Waals surface area (Å²) in [5.74, 6) is 0.723. The molecule has 1 amide bonds. The van der Waals surface area contributed by atoms with Gasteiger partial charge in [-0.1, -0.05) is 20.3 Å². The van der Waals surface area contributed by atoms with Crippen molar-refractivity contribution in [1.29, 1.82) is 0 Å². The van der Waals surface area contributed by atoms with Gasteiger partial charge >= 0.3 is 0 Å². The summed E-state index contributed by atoms with van der Waals surface area (Å²) < 4.78 is 0. The average Bonchev–Trinajstić information content (AvgIpc) is 2.28. The SMILES string of the molecule is CCC(C)CN(C)C(=O)c1cccnc1N. The minimum atomic E-state index is -0.0640. The van der Waals surface area contributed by atoms with Crippen molar-refractivity contribution in [2.24, 2.45) is 5.92 Å². The van der Waals surface area contributed by atoms with Gasteiger partial charge in [0.05, 0.1) is 5.56 Å². The van der Waals surface area contributed by atoms with Gasteiger partial charge in [-0.3, -0.25) is 4.79 Å². The molecule has 88 valence electrons. The van der Waals surface area contributed by atoms with E-state index in [9.17, 15) is 4.79 Å². The van der Waals surface area contributed by atoms with Crippen molar-refractivity contribution in [3.63, 3.8) is 0 Å². The topological polar surface area (TPSA) is 59.2 Å². The van der Waals surface area contributed by atoms with E-state index < -0.39 is 0 Å². The number of rotatable bonds is 4. The maximum atomic E-state index is 12.0. The van der Waals surface area contributed by atoms with Crippen LogP contribution in [0.2, 0.25) is 0 Å². The zero-order valence-electron chi connectivity index (χ0n) is 10.1. The summed E-state index contributed by atoms with van der Waals surface area (Å²) in [5, 5.41) is 0. The monoisotopic (exact) mass is 221 g/mol. The molecule has 1 aromatic rings. The number of aromatic nitrogens is 1. The Bertz CT molecular complexity index is 365. The number of hydrogen-bond donors (Lipinski definition) is 1. The van der Waals surface area contributed by atoms with Gasteiger partial charge in [0.2, 0.25) is 0 Å². The van der Waals surface area contributed by atoms with Crippen molar-refractivity contribution in [3.05, 3.63) is 23.9 Å². The van der Waals surface area contributed by atoms with Crippen LogP contribution in [0.4, 0.5) is 5.82 Å². The maximum Gasteiger partial charge on any atom is 0.257 e. The molecule has 0 spiro atoms. The third-order valence-corrected chi connectivity index (χ3v) is 2.70. The van der Waals surface area contributed by atoms with E-state index in [1.807, 2.05) is 0 Å². The summed E-state index contributed by atoms with van der Waals surface area (Å²) in [6.07, 6.45) is 2.64. The fourth-order valence-corrected chi connectivity index (χ4v) is 1.48. The lowest BCUT2D eigenvalue weighted by molar-refractivity contribution is 0.0775. The summed E-state index contributed by atoms with van der Waals surface area (Å²) in [7, 11) is 1.79. The molecule has 1 aromatic heterocycles. The number of carbonyl (C=O) groups excluding carboxylic acids is 1. The molecule has 0 saturated carbocycles.